The molecule has 1 aliphatic rings. The van der Waals surface area contributed by atoms with E-state index in [-0.39, 0.29) is 17.3 Å². The van der Waals surface area contributed by atoms with Gasteiger partial charge in [0.1, 0.15) is 6.61 Å². The highest BCUT2D eigenvalue weighted by molar-refractivity contribution is 7.89. The van der Waals surface area contributed by atoms with Gasteiger partial charge in [0.05, 0.1) is 19.1 Å². The van der Waals surface area contributed by atoms with Gasteiger partial charge in [-0.15, -0.1) is 4.83 Å². The van der Waals surface area contributed by atoms with Crippen LogP contribution in [0.15, 0.2) is 47.4 Å². The Morgan fingerprint density at radius 1 is 1.07 bits per heavy atom. The molecule has 0 fully saturated rings. The van der Waals surface area contributed by atoms with Crippen LogP contribution in [0.1, 0.15) is 0 Å². The van der Waals surface area contributed by atoms with E-state index in [9.17, 15) is 13.2 Å². The largest absolute Gasteiger partial charge is 0.493 e. The number of sulfonamides is 1. The van der Waals surface area contributed by atoms with Crippen LogP contribution in [0.25, 0.3) is 0 Å². The molecule has 1 atom stereocenters. The Morgan fingerprint density at radius 2 is 1.78 bits per heavy atom. The lowest BCUT2D eigenvalue weighted by atomic mass is 10.2. The molecule has 1 unspecified atom stereocenters. The Hall–Kier alpha value is -2.98. The number of hydrogen-bond acceptors (Lipinski definition) is 7. The standard InChI is InChI=1S/C17H18N2O7S/c1-23-12-8-7-11(9-15(12)24-2)27(21,22)19-18-17(20)16-10-25-13-5-3-4-6-14(13)26-16/h3-9,16,19H,10H2,1-2H3,(H,18,20). The van der Waals surface area contributed by atoms with E-state index in [2.05, 4.69) is 5.43 Å². The average molecular weight is 394 g/mol. The van der Waals surface area contributed by atoms with Crippen LogP contribution in [-0.4, -0.2) is 41.3 Å². The second-order valence-electron chi connectivity index (χ2n) is 5.48. The van der Waals surface area contributed by atoms with Crippen LogP contribution < -0.4 is 29.2 Å². The van der Waals surface area contributed by atoms with Crippen molar-refractivity contribution < 1.29 is 32.2 Å². The van der Waals surface area contributed by atoms with Crippen LogP contribution in [-0.2, 0) is 14.8 Å². The molecule has 0 bridgehead atoms. The molecule has 1 heterocycles. The molecule has 10 heteroatoms. The molecule has 3 rings (SSSR count). The van der Waals surface area contributed by atoms with Gasteiger partial charge < -0.3 is 18.9 Å². The molecule has 2 aromatic carbocycles. The molecule has 0 radical (unpaired) electrons. The fourth-order valence-electron chi connectivity index (χ4n) is 2.39. The molecule has 0 aromatic heterocycles. The van der Waals surface area contributed by atoms with Crippen molar-refractivity contribution in [3.63, 3.8) is 0 Å². The lowest BCUT2D eigenvalue weighted by Gasteiger charge is -2.25. The molecule has 1 amide bonds. The number of benzene rings is 2. The Bertz CT molecular complexity index is 946. The normalized spacial score (nSPS) is 15.7. The molecule has 0 aliphatic carbocycles. The van der Waals surface area contributed by atoms with Crippen molar-refractivity contribution in [2.24, 2.45) is 0 Å². The number of nitrogens with one attached hydrogen (secondary N) is 2. The second kappa shape index (κ2) is 7.72. The van der Waals surface area contributed by atoms with Gasteiger partial charge in [-0.05, 0) is 24.3 Å². The number of amides is 1. The minimum atomic E-state index is -4.03. The van der Waals surface area contributed by atoms with Gasteiger partial charge in [-0.2, -0.15) is 0 Å². The van der Waals surface area contributed by atoms with E-state index in [0.717, 1.165) is 0 Å². The van der Waals surface area contributed by atoms with Gasteiger partial charge in [0.2, 0.25) is 6.10 Å². The first-order valence-corrected chi connectivity index (χ1v) is 9.35. The molecule has 1 aliphatic heterocycles. The summed E-state index contributed by atoms with van der Waals surface area (Å²) in [6, 6.07) is 10.9. The second-order valence-corrected chi connectivity index (χ2v) is 7.16. The first-order chi connectivity index (χ1) is 12.9. The zero-order chi connectivity index (χ0) is 19.4. The summed E-state index contributed by atoms with van der Waals surface area (Å²) in [5.74, 6) is 0.867. The maximum absolute atomic E-state index is 12.4. The summed E-state index contributed by atoms with van der Waals surface area (Å²) < 4.78 is 45.9. The third kappa shape index (κ3) is 4.07. The van der Waals surface area contributed by atoms with Crippen molar-refractivity contribution >= 4 is 15.9 Å². The van der Waals surface area contributed by atoms with Crippen LogP contribution in [0, 0.1) is 0 Å². The van der Waals surface area contributed by atoms with Gasteiger partial charge in [0.25, 0.3) is 15.9 Å². The number of hydrazine groups is 1. The monoisotopic (exact) mass is 394 g/mol. The molecule has 0 saturated heterocycles. The summed E-state index contributed by atoms with van der Waals surface area (Å²) in [6.07, 6.45) is -0.993. The fourth-order valence-corrected chi connectivity index (χ4v) is 3.25. The minimum absolute atomic E-state index is 0.0407. The van der Waals surface area contributed by atoms with Crippen LogP contribution in [0.4, 0.5) is 0 Å². The molecule has 0 saturated carbocycles. The van der Waals surface area contributed by atoms with E-state index in [0.29, 0.717) is 17.2 Å². The van der Waals surface area contributed by atoms with Crippen LogP contribution in [0.3, 0.4) is 0 Å². The predicted octanol–water partition coefficient (Wildman–Crippen LogP) is 0.853. The summed E-state index contributed by atoms with van der Waals surface area (Å²) >= 11 is 0. The Balaban J connectivity index is 1.66. The topological polar surface area (TPSA) is 112 Å². The predicted molar refractivity (Wildman–Crippen MR) is 94.4 cm³/mol. The summed E-state index contributed by atoms with van der Waals surface area (Å²) in [5, 5.41) is 0. The molecule has 144 valence electrons. The van der Waals surface area contributed by atoms with Crippen molar-refractivity contribution in [1.82, 2.24) is 10.3 Å². The number of fused-ring (bicyclic) bond motifs is 1. The van der Waals surface area contributed by atoms with Crippen LogP contribution in [0.2, 0.25) is 0 Å². The summed E-state index contributed by atoms with van der Waals surface area (Å²) in [6.45, 7) is -0.0407. The average Bonchev–Trinajstić information content (AvgIpc) is 2.71. The van der Waals surface area contributed by atoms with Gasteiger partial charge >= 0.3 is 0 Å². The highest BCUT2D eigenvalue weighted by atomic mass is 32.2. The van der Waals surface area contributed by atoms with E-state index < -0.39 is 22.0 Å². The lowest BCUT2D eigenvalue weighted by molar-refractivity contribution is -0.130. The number of rotatable bonds is 6. The first-order valence-electron chi connectivity index (χ1n) is 7.87. The van der Waals surface area contributed by atoms with Crippen molar-refractivity contribution in [2.45, 2.75) is 11.0 Å². The molecule has 2 N–H and O–H groups in total. The van der Waals surface area contributed by atoms with Gasteiger partial charge in [-0.3, -0.25) is 10.2 Å². The first kappa shape index (κ1) is 18.8. The molecule has 0 spiro atoms. The highest BCUT2D eigenvalue weighted by Gasteiger charge is 2.28. The Kier molecular flexibility index (Phi) is 5.38. The zero-order valence-corrected chi connectivity index (χ0v) is 15.4. The quantitative estimate of drug-likeness (QED) is 0.699. The van der Waals surface area contributed by atoms with Gasteiger partial charge in [0, 0.05) is 6.07 Å². The van der Waals surface area contributed by atoms with Crippen molar-refractivity contribution in [1.29, 1.82) is 0 Å². The molecule has 2 aromatic rings. The van der Waals surface area contributed by atoms with Crippen molar-refractivity contribution in [3.8, 4) is 23.0 Å². The van der Waals surface area contributed by atoms with Crippen molar-refractivity contribution in [2.75, 3.05) is 20.8 Å². The third-order valence-corrected chi connectivity index (χ3v) is 5.02. The number of para-hydroxylation sites is 2. The smallest absolute Gasteiger partial charge is 0.279 e. The fraction of sp³-hybridized carbons (Fsp3) is 0.235. The number of ether oxygens (including phenoxy) is 4. The molecular weight excluding hydrogens is 376 g/mol. The van der Waals surface area contributed by atoms with E-state index in [1.54, 1.807) is 24.3 Å². The maximum atomic E-state index is 12.4. The minimum Gasteiger partial charge on any atom is -0.493 e. The van der Waals surface area contributed by atoms with Gasteiger partial charge in [0.15, 0.2) is 23.0 Å². The number of carbonyl (C=O) groups is 1. The maximum Gasteiger partial charge on any atom is 0.279 e. The number of methoxy groups -OCH3 is 2. The summed E-state index contributed by atoms with van der Waals surface area (Å²) in [4.78, 5) is 14.1. The molecule has 9 nitrogen and oxygen atoms in total. The van der Waals surface area contributed by atoms with Crippen molar-refractivity contribution in [3.05, 3.63) is 42.5 Å². The number of carbonyl (C=O) groups excluding carboxylic acids is 1. The van der Waals surface area contributed by atoms with E-state index in [1.165, 1.54) is 32.4 Å². The third-order valence-electron chi connectivity index (χ3n) is 3.77. The van der Waals surface area contributed by atoms with E-state index in [1.807, 2.05) is 4.83 Å². The van der Waals surface area contributed by atoms with Gasteiger partial charge in [-0.25, -0.2) is 8.42 Å². The summed E-state index contributed by atoms with van der Waals surface area (Å²) in [5.41, 5.74) is 2.13. The molecule has 27 heavy (non-hydrogen) atoms. The van der Waals surface area contributed by atoms with E-state index in [4.69, 9.17) is 18.9 Å². The summed E-state index contributed by atoms with van der Waals surface area (Å²) in [7, 11) is -1.20. The SMILES string of the molecule is COc1ccc(S(=O)(=O)NNC(=O)C2COc3ccccc3O2)cc1OC. The highest BCUT2D eigenvalue weighted by Crippen LogP contribution is 2.31. The Labute approximate surface area is 156 Å². The van der Waals surface area contributed by atoms with Crippen LogP contribution in [0.5, 0.6) is 23.0 Å². The van der Waals surface area contributed by atoms with E-state index >= 15 is 0 Å². The molecular formula is C17H18N2O7S. The lowest BCUT2D eigenvalue weighted by Crippen LogP contribution is -2.50. The number of hydrogen-bond donors (Lipinski definition) is 2. The Morgan fingerprint density at radius 3 is 2.48 bits per heavy atom. The van der Waals surface area contributed by atoms with Gasteiger partial charge in [-0.1, -0.05) is 12.1 Å². The zero-order valence-electron chi connectivity index (χ0n) is 14.6. The van der Waals surface area contributed by atoms with Crippen LogP contribution >= 0.6 is 0 Å².